The second kappa shape index (κ2) is 9.32. The first kappa shape index (κ1) is 27.1. The summed E-state index contributed by atoms with van der Waals surface area (Å²) in [6.45, 7) is 2.21. The molecule has 3 aromatic rings. The van der Waals surface area contributed by atoms with Gasteiger partial charge in [-0.1, -0.05) is 6.07 Å². The molecule has 40 heavy (non-hydrogen) atoms. The molecule has 0 aliphatic carbocycles. The fraction of sp³-hybridized carbons (Fsp3) is 0.370. The van der Waals surface area contributed by atoms with E-state index in [0.717, 1.165) is 15.9 Å². The van der Waals surface area contributed by atoms with Crippen molar-refractivity contribution in [3.63, 3.8) is 0 Å². The molecule has 1 aromatic carbocycles. The van der Waals surface area contributed by atoms with E-state index in [4.69, 9.17) is 0 Å². The average Bonchev–Trinajstić information content (AvgIpc) is 3.59. The Morgan fingerprint density at radius 2 is 2.02 bits per heavy atom. The standard InChI is InChI=1S/C27H24F4N6O3/c1-26(2,31)10-19(36(3)23(38)18-7-14-16(28)8-17(29)20(30)21(14)34-18)24(39)37-12-27(9-13(37)11-32)15-5-4-6-33-22(15)35-25(27)40/h4-8,13,19,34H,9-10,12H2,1-3H3,(H,33,35,40)/t13-,19?,27-/m0/s1. The van der Waals surface area contributed by atoms with Gasteiger partial charge in [0.05, 0.1) is 17.0 Å². The van der Waals surface area contributed by atoms with Gasteiger partial charge in [0.25, 0.3) is 5.91 Å². The number of carbonyl (C=O) groups is 3. The molecule has 0 bridgehead atoms. The summed E-state index contributed by atoms with van der Waals surface area (Å²) in [7, 11) is 1.21. The fourth-order valence-corrected chi connectivity index (χ4v) is 5.53. The predicted molar refractivity (Wildman–Crippen MR) is 134 cm³/mol. The van der Waals surface area contributed by atoms with Crippen LogP contribution in [0.1, 0.15) is 42.7 Å². The van der Waals surface area contributed by atoms with Crippen LogP contribution in [0.15, 0.2) is 30.5 Å². The Morgan fingerprint density at radius 1 is 1.30 bits per heavy atom. The van der Waals surface area contributed by atoms with Gasteiger partial charge in [0.1, 0.15) is 35.1 Å². The molecule has 0 saturated carbocycles. The van der Waals surface area contributed by atoms with Gasteiger partial charge in [-0.25, -0.2) is 22.5 Å². The third-order valence-electron chi connectivity index (χ3n) is 7.52. The van der Waals surface area contributed by atoms with Crippen molar-refractivity contribution < 1.29 is 31.9 Å². The fourth-order valence-electron chi connectivity index (χ4n) is 5.53. The summed E-state index contributed by atoms with van der Waals surface area (Å²) in [6.07, 6.45) is 0.973. The number of likely N-dealkylation sites (N-methyl/N-ethyl adjacent to an activating group) is 1. The number of nitrogens with one attached hydrogen (secondary N) is 2. The molecule has 3 amide bonds. The van der Waals surface area contributed by atoms with E-state index in [1.54, 1.807) is 12.1 Å². The Kier molecular flexibility index (Phi) is 6.32. The Balaban J connectivity index is 1.50. The van der Waals surface area contributed by atoms with Gasteiger partial charge in [0.15, 0.2) is 11.6 Å². The minimum absolute atomic E-state index is 0.0324. The smallest absolute Gasteiger partial charge is 0.270 e. The Hall–Kier alpha value is -4.47. The van der Waals surface area contributed by atoms with Gasteiger partial charge in [-0.3, -0.25) is 14.4 Å². The zero-order chi connectivity index (χ0) is 29.1. The molecule has 1 unspecified atom stereocenters. The van der Waals surface area contributed by atoms with E-state index in [9.17, 15) is 37.2 Å². The predicted octanol–water partition coefficient (Wildman–Crippen LogP) is 3.57. The topological polar surface area (TPSA) is 122 Å². The second-order valence-corrected chi connectivity index (χ2v) is 10.7. The van der Waals surface area contributed by atoms with Crippen molar-refractivity contribution in [3.05, 3.63) is 59.2 Å². The number of nitrogens with zero attached hydrogens (tertiary/aromatic N) is 4. The van der Waals surface area contributed by atoms with Gasteiger partial charge >= 0.3 is 0 Å². The minimum Gasteiger partial charge on any atom is -0.348 e. The summed E-state index contributed by atoms with van der Waals surface area (Å²) in [6, 6.07) is 4.13. The molecule has 1 spiro atoms. The zero-order valence-corrected chi connectivity index (χ0v) is 21.7. The molecule has 13 heteroatoms. The second-order valence-electron chi connectivity index (χ2n) is 10.7. The van der Waals surface area contributed by atoms with Gasteiger partial charge in [0.2, 0.25) is 11.8 Å². The van der Waals surface area contributed by atoms with Crippen LogP contribution in [0.3, 0.4) is 0 Å². The maximum atomic E-state index is 15.0. The lowest BCUT2D eigenvalue weighted by atomic mass is 9.80. The van der Waals surface area contributed by atoms with Crippen LogP contribution in [0.25, 0.3) is 10.9 Å². The Bertz CT molecular complexity index is 1610. The quantitative estimate of drug-likeness (QED) is 0.368. The summed E-state index contributed by atoms with van der Waals surface area (Å²) >= 11 is 0. The Morgan fingerprint density at radius 3 is 2.70 bits per heavy atom. The van der Waals surface area contributed by atoms with Gasteiger partial charge in [-0.15, -0.1) is 0 Å². The summed E-state index contributed by atoms with van der Waals surface area (Å²) < 4.78 is 57.2. The van der Waals surface area contributed by atoms with Gasteiger partial charge in [-0.2, -0.15) is 5.26 Å². The van der Waals surface area contributed by atoms with Crippen molar-refractivity contribution in [2.45, 2.75) is 49.9 Å². The number of carbonyl (C=O) groups excluding carboxylic acids is 3. The van der Waals surface area contributed by atoms with E-state index in [1.807, 2.05) is 6.07 Å². The van der Waals surface area contributed by atoms with Crippen molar-refractivity contribution in [2.75, 3.05) is 18.9 Å². The first-order valence-electron chi connectivity index (χ1n) is 12.4. The molecule has 2 N–H and O–H groups in total. The first-order chi connectivity index (χ1) is 18.8. The number of aromatic amines is 1. The van der Waals surface area contributed by atoms with Gasteiger partial charge in [-0.05, 0) is 26.0 Å². The molecule has 5 rings (SSSR count). The number of halogens is 4. The number of hydrogen-bond donors (Lipinski definition) is 2. The monoisotopic (exact) mass is 556 g/mol. The van der Waals surface area contributed by atoms with Crippen LogP contribution in [-0.4, -0.2) is 68.8 Å². The number of alkyl halides is 1. The van der Waals surface area contributed by atoms with Crippen LogP contribution in [0, 0.1) is 28.8 Å². The van der Waals surface area contributed by atoms with E-state index in [-0.39, 0.29) is 24.0 Å². The highest BCUT2D eigenvalue weighted by Crippen LogP contribution is 2.46. The van der Waals surface area contributed by atoms with E-state index >= 15 is 0 Å². The number of pyridine rings is 1. The van der Waals surface area contributed by atoms with Crippen molar-refractivity contribution >= 4 is 34.4 Å². The largest absolute Gasteiger partial charge is 0.348 e. The summed E-state index contributed by atoms with van der Waals surface area (Å²) in [5.41, 5.74) is -3.63. The number of amides is 3. The van der Waals surface area contributed by atoms with Crippen molar-refractivity contribution in [1.29, 1.82) is 5.26 Å². The number of fused-ring (bicyclic) bond motifs is 3. The van der Waals surface area contributed by atoms with E-state index < -0.39 is 70.3 Å². The van der Waals surface area contributed by atoms with E-state index in [2.05, 4.69) is 15.3 Å². The highest BCUT2D eigenvalue weighted by Gasteiger charge is 2.57. The maximum absolute atomic E-state index is 15.0. The van der Waals surface area contributed by atoms with Crippen molar-refractivity contribution in [3.8, 4) is 6.07 Å². The summed E-state index contributed by atoms with van der Waals surface area (Å²) in [5.74, 6) is -5.76. The zero-order valence-electron chi connectivity index (χ0n) is 21.7. The molecule has 2 aromatic heterocycles. The van der Waals surface area contributed by atoms with Crippen molar-refractivity contribution in [2.24, 2.45) is 0 Å². The lowest BCUT2D eigenvalue weighted by molar-refractivity contribution is -0.137. The van der Waals surface area contributed by atoms with Crippen LogP contribution < -0.4 is 5.32 Å². The number of aromatic nitrogens is 2. The van der Waals surface area contributed by atoms with Gasteiger partial charge in [0, 0.05) is 49.6 Å². The number of H-pyrrole nitrogens is 1. The van der Waals surface area contributed by atoms with E-state index in [1.165, 1.54) is 27.1 Å². The third-order valence-corrected chi connectivity index (χ3v) is 7.52. The number of nitriles is 1. The molecule has 2 aliphatic heterocycles. The van der Waals surface area contributed by atoms with Crippen LogP contribution in [0.4, 0.5) is 23.4 Å². The number of anilines is 1. The van der Waals surface area contributed by atoms with Crippen molar-refractivity contribution in [1.82, 2.24) is 19.8 Å². The highest BCUT2D eigenvalue weighted by atomic mass is 19.2. The summed E-state index contributed by atoms with van der Waals surface area (Å²) in [5, 5.41) is 12.2. The summed E-state index contributed by atoms with van der Waals surface area (Å²) in [4.78, 5) is 49.0. The number of rotatable bonds is 5. The van der Waals surface area contributed by atoms with Crippen LogP contribution in [0.5, 0.6) is 0 Å². The molecule has 2 aliphatic rings. The molecule has 208 valence electrons. The van der Waals surface area contributed by atoms with Crippen LogP contribution in [-0.2, 0) is 15.0 Å². The molecule has 1 saturated heterocycles. The molecule has 0 radical (unpaired) electrons. The number of benzene rings is 1. The molecule has 9 nitrogen and oxygen atoms in total. The lowest BCUT2D eigenvalue weighted by Crippen LogP contribution is -2.53. The average molecular weight is 557 g/mol. The molecule has 1 fully saturated rings. The third kappa shape index (κ3) is 4.24. The molecule has 3 atom stereocenters. The molecule has 4 heterocycles. The SMILES string of the molecule is CN(C(=O)c1cc2c(F)cc(F)c(F)c2[nH]1)C(CC(C)(C)F)C(=O)N1C[C@]2(C[C@H]1C#N)C(=O)Nc1ncccc12. The maximum Gasteiger partial charge on any atom is 0.270 e. The number of hydrogen-bond acceptors (Lipinski definition) is 5. The number of likely N-dealkylation sites (tertiary alicyclic amines) is 1. The normalized spacial score (nSPS) is 20.9. The van der Waals surface area contributed by atoms with Gasteiger partial charge < -0.3 is 20.1 Å². The minimum atomic E-state index is -1.96. The molecular weight excluding hydrogens is 532 g/mol. The van der Waals surface area contributed by atoms with Crippen LogP contribution >= 0.6 is 0 Å². The van der Waals surface area contributed by atoms with E-state index in [0.29, 0.717) is 17.4 Å². The van der Waals surface area contributed by atoms with Crippen LogP contribution in [0.2, 0.25) is 0 Å². The Labute approximate surface area is 225 Å². The first-order valence-corrected chi connectivity index (χ1v) is 12.4. The lowest BCUT2D eigenvalue weighted by Gasteiger charge is -2.34. The highest BCUT2D eigenvalue weighted by molar-refractivity contribution is 6.06. The molecular formula is C27H24F4N6O3.